The van der Waals surface area contributed by atoms with Crippen LogP contribution >= 0.6 is 0 Å². The molecule has 2 aromatic heterocycles. The summed E-state index contributed by atoms with van der Waals surface area (Å²) in [5, 5.41) is 14.0. The zero-order valence-electron chi connectivity index (χ0n) is 10.4. The topological polar surface area (TPSA) is 120 Å². The number of amides is 2. The number of urea groups is 1. The second-order valence-corrected chi connectivity index (χ2v) is 4.01. The van der Waals surface area contributed by atoms with Crippen LogP contribution in [0.2, 0.25) is 0 Å². The van der Waals surface area contributed by atoms with E-state index in [-0.39, 0.29) is 6.42 Å². The van der Waals surface area contributed by atoms with Crippen LogP contribution in [-0.2, 0) is 11.2 Å². The summed E-state index contributed by atoms with van der Waals surface area (Å²) >= 11 is 0. The standard InChI is InChI=1S/C12H13N5O3/c18-11(19)10(4-9-6-14-7-15-9)17-12(20)16-8-2-1-3-13-5-8/h1-3,5-7,10H,4H2,(H,14,15)(H,18,19)(H2,16,17,20)/t10-/m1/s1. The second-order valence-electron chi connectivity index (χ2n) is 4.01. The largest absolute Gasteiger partial charge is 0.480 e. The van der Waals surface area contributed by atoms with Crippen LogP contribution in [0, 0.1) is 0 Å². The predicted molar refractivity (Wildman–Crippen MR) is 70.1 cm³/mol. The lowest BCUT2D eigenvalue weighted by molar-refractivity contribution is -0.139. The number of nitrogens with one attached hydrogen (secondary N) is 3. The molecule has 0 aliphatic rings. The van der Waals surface area contributed by atoms with Crippen LogP contribution < -0.4 is 10.6 Å². The lowest BCUT2D eigenvalue weighted by atomic mass is 10.2. The highest BCUT2D eigenvalue weighted by Crippen LogP contribution is 2.03. The molecule has 0 unspecified atom stereocenters. The summed E-state index contributed by atoms with van der Waals surface area (Å²) in [4.78, 5) is 33.3. The Hall–Kier alpha value is -2.90. The van der Waals surface area contributed by atoms with Crippen LogP contribution in [0.25, 0.3) is 0 Å². The predicted octanol–water partition coefficient (Wildman–Crippen LogP) is 0.622. The van der Waals surface area contributed by atoms with Gasteiger partial charge < -0.3 is 20.7 Å². The SMILES string of the molecule is O=C(Nc1cccnc1)N[C@H](Cc1cnc[nH]1)C(=O)O. The van der Waals surface area contributed by atoms with E-state index in [2.05, 4.69) is 25.6 Å². The Morgan fingerprint density at radius 3 is 2.80 bits per heavy atom. The molecule has 4 N–H and O–H groups in total. The highest BCUT2D eigenvalue weighted by atomic mass is 16.4. The molecule has 2 rings (SSSR count). The third-order valence-electron chi connectivity index (χ3n) is 2.50. The van der Waals surface area contributed by atoms with Gasteiger partial charge in [0.15, 0.2) is 0 Å². The minimum Gasteiger partial charge on any atom is -0.480 e. The number of aromatic nitrogens is 3. The van der Waals surface area contributed by atoms with E-state index < -0.39 is 18.0 Å². The van der Waals surface area contributed by atoms with Gasteiger partial charge in [0, 0.05) is 24.5 Å². The fourth-order valence-electron chi connectivity index (χ4n) is 1.58. The Balaban J connectivity index is 1.94. The van der Waals surface area contributed by atoms with Crippen LogP contribution in [0.4, 0.5) is 10.5 Å². The van der Waals surface area contributed by atoms with E-state index in [4.69, 9.17) is 5.11 Å². The van der Waals surface area contributed by atoms with Gasteiger partial charge in [0.05, 0.1) is 18.2 Å². The second kappa shape index (κ2) is 6.32. The van der Waals surface area contributed by atoms with Crippen molar-refractivity contribution < 1.29 is 14.7 Å². The van der Waals surface area contributed by atoms with Crippen molar-refractivity contribution >= 4 is 17.7 Å². The molecule has 0 fully saturated rings. The number of carboxylic acids is 1. The maximum Gasteiger partial charge on any atom is 0.326 e. The number of aliphatic carboxylic acids is 1. The van der Waals surface area contributed by atoms with E-state index in [1.807, 2.05) is 0 Å². The van der Waals surface area contributed by atoms with E-state index in [9.17, 15) is 9.59 Å². The molecule has 0 saturated heterocycles. The van der Waals surface area contributed by atoms with Crippen LogP contribution in [0.3, 0.4) is 0 Å². The molecule has 0 spiro atoms. The normalized spacial score (nSPS) is 11.6. The van der Waals surface area contributed by atoms with Crippen LogP contribution in [0.1, 0.15) is 5.69 Å². The van der Waals surface area contributed by atoms with Gasteiger partial charge in [-0.2, -0.15) is 0 Å². The molecular weight excluding hydrogens is 262 g/mol. The molecule has 0 saturated carbocycles. The van der Waals surface area contributed by atoms with Gasteiger partial charge in [-0.15, -0.1) is 0 Å². The number of nitrogens with zero attached hydrogens (tertiary/aromatic N) is 2. The Kier molecular flexibility index (Phi) is 4.28. The summed E-state index contributed by atoms with van der Waals surface area (Å²) in [6.07, 6.45) is 6.11. The van der Waals surface area contributed by atoms with Gasteiger partial charge in [0.25, 0.3) is 0 Å². The number of carboxylic acid groups (broad SMARTS) is 1. The summed E-state index contributed by atoms with van der Waals surface area (Å²) < 4.78 is 0. The molecule has 0 aliphatic heterocycles. The Bertz CT molecular complexity index is 570. The van der Waals surface area contributed by atoms with Crippen molar-refractivity contribution in [2.24, 2.45) is 0 Å². The van der Waals surface area contributed by atoms with Crippen molar-refractivity contribution in [2.45, 2.75) is 12.5 Å². The first-order valence-corrected chi connectivity index (χ1v) is 5.83. The summed E-state index contributed by atoms with van der Waals surface area (Å²) in [6, 6.07) is 1.66. The number of pyridine rings is 1. The number of hydrogen-bond acceptors (Lipinski definition) is 4. The van der Waals surface area contributed by atoms with Gasteiger partial charge in [-0.05, 0) is 12.1 Å². The first kappa shape index (κ1) is 13.5. The molecule has 8 heteroatoms. The first-order valence-electron chi connectivity index (χ1n) is 5.83. The summed E-state index contributed by atoms with van der Waals surface area (Å²) in [5.74, 6) is -1.12. The van der Waals surface area contributed by atoms with Gasteiger partial charge in [0.2, 0.25) is 0 Å². The number of imidazole rings is 1. The zero-order chi connectivity index (χ0) is 14.4. The van der Waals surface area contributed by atoms with Gasteiger partial charge in [-0.1, -0.05) is 0 Å². The van der Waals surface area contributed by atoms with E-state index in [1.54, 1.807) is 18.3 Å². The Labute approximate surface area is 114 Å². The van der Waals surface area contributed by atoms with Crippen molar-refractivity contribution in [2.75, 3.05) is 5.32 Å². The molecule has 0 aliphatic carbocycles. The highest BCUT2D eigenvalue weighted by Gasteiger charge is 2.21. The van der Waals surface area contributed by atoms with Gasteiger partial charge in [-0.25, -0.2) is 14.6 Å². The maximum atomic E-state index is 11.7. The molecule has 2 aromatic rings. The summed E-state index contributed by atoms with van der Waals surface area (Å²) in [6.45, 7) is 0. The van der Waals surface area contributed by atoms with Gasteiger partial charge in [-0.3, -0.25) is 4.98 Å². The van der Waals surface area contributed by atoms with E-state index in [0.717, 1.165) is 0 Å². The van der Waals surface area contributed by atoms with Crippen LogP contribution in [0.15, 0.2) is 37.1 Å². The number of carbonyl (C=O) groups is 2. The minimum absolute atomic E-state index is 0.121. The quantitative estimate of drug-likeness (QED) is 0.637. The van der Waals surface area contributed by atoms with Crippen LogP contribution in [-0.4, -0.2) is 38.1 Å². The molecular formula is C12H13N5O3. The van der Waals surface area contributed by atoms with E-state index >= 15 is 0 Å². The highest BCUT2D eigenvalue weighted by molar-refractivity contribution is 5.92. The maximum absolute atomic E-state index is 11.7. The monoisotopic (exact) mass is 275 g/mol. The first-order chi connectivity index (χ1) is 9.65. The fourth-order valence-corrected chi connectivity index (χ4v) is 1.58. The lowest BCUT2D eigenvalue weighted by Crippen LogP contribution is -2.44. The van der Waals surface area contributed by atoms with Crippen molar-refractivity contribution in [3.63, 3.8) is 0 Å². The minimum atomic E-state index is -1.12. The third-order valence-corrected chi connectivity index (χ3v) is 2.50. The average Bonchev–Trinajstić information content (AvgIpc) is 2.92. The zero-order valence-corrected chi connectivity index (χ0v) is 10.4. The number of anilines is 1. The van der Waals surface area contributed by atoms with E-state index in [0.29, 0.717) is 11.4 Å². The molecule has 2 amide bonds. The number of aromatic amines is 1. The number of rotatable bonds is 5. The molecule has 104 valence electrons. The summed E-state index contributed by atoms with van der Waals surface area (Å²) in [7, 11) is 0. The van der Waals surface area contributed by atoms with Gasteiger partial charge >= 0.3 is 12.0 Å². The number of carbonyl (C=O) groups excluding carboxylic acids is 1. The van der Waals surface area contributed by atoms with Crippen LogP contribution in [0.5, 0.6) is 0 Å². The van der Waals surface area contributed by atoms with Crippen molar-refractivity contribution in [3.05, 3.63) is 42.7 Å². The van der Waals surface area contributed by atoms with Crippen molar-refractivity contribution in [1.29, 1.82) is 0 Å². The lowest BCUT2D eigenvalue weighted by Gasteiger charge is -2.14. The van der Waals surface area contributed by atoms with Crippen molar-refractivity contribution in [3.8, 4) is 0 Å². The smallest absolute Gasteiger partial charge is 0.326 e. The average molecular weight is 275 g/mol. The molecule has 0 bridgehead atoms. The molecule has 8 nitrogen and oxygen atoms in total. The summed E-state index contributed by atoms with van der Waals surface area (Å²) in [5.41, 5.74) is 1.11. The van der Waals surface area contributed by atoms with Gasteiger partial charge in [0.1, 0.15) is 6.04 Å². The number of H-pyrrole nitrogens is 1. The molecule has 0 aromatic carbocycles. The molecule has 1 atom stereocenters. The van der Waals surface area contributed by atoms with E-state index in [1.165, 1.54) is 18.7 Å². The number of hydrogen-bond donors (Lipinski definition) is 4. The molecule has 2 heterocycles. The fraction of sp³-hybridized carbons (Fsp3) is 0.167. The third kappa shape index (κ3) is 3.80. The Morgan fingerprint density at radius 1 is 1.35 bits per heavy atom. The molecule has 0 radical (unpaired) electrons. The Morgan fingerprint density at radius 2 is 2.20 bits per heavy atom. The van der Waals surface area contributed by atoms with Crippen molar-refractivity contribution in [1.82, 2.24) is 20.3 Å². The molecule has 20 heavy (non-hydrogen) atoms.